The van der Waals surface area contributed by atoms with Crippen molar-refractivity contribution in [2.75, 3.05) is 43.6 Å². The summed E-state index contributed by atoms with van der Waals surface area (Å²) >= 11 is 0. The monoisotopic (exact) mass is 409 g/mol. The largest absolute Gasteiger partial charge is 0.375 e. The number of rotatable bonds is 8. The van der Waals surface area contributed by atoms with Crippen molar-refractivity contribution in [3.05, 3.63) is 59.7 Å². The van der Waals surface area contributed by atoms with E-state index in [1.165, 1.54) is 12.7 Å². The average Bonchev–Trinajstić information content (AvgIpc) is 2.75. The highest BCUT2D eigenvalue weighted by Crippen LogP contribution is 2.28. The lowest BCUT2D eigenvalue weighted by atomic mass is 9.97. The van der Waals surface area contributed by atoms with Crippen LogP contribution in [0.2, 0.25) is 0 Å². The zero-order valence-corrected chi connectivity index (χ0v) is 17.8. The molecule has 0 radical (unpaired) electrons. The first kappa shape index (κ1) is 21.8. The summed E-state index contributed by atoms with van der Waals surface area (Å²) in [6.45, 7) is 4.66. The van der Waals surface area contributed by atoms with Gasteiger partial charge in [-0.2, -0.15) is 0 Å². The summed E-state index contributed by atoms with van der Waals surface area (Å²) in [5, 5.41) is 5.83. The van der Waals surface area contributed by atoms with E-state index in [9.17, 15) is 9.59 Å². The Kier molecular flexibility index (Phi) is 7.85. The number of hydrogen-bond acceptors (Lipinski definition) is 4. The van der Waals surface area contributed by atoms with Gasteiger partial charge in [-0.15, -0.1) is 0 Å². The summed E-state index contributed by atoms with van der Waals surface area (Å²) in [5.41, 5.74) is 3.29. The van der Waals surface area contributed by atoms with Crippen LogP contribution >= 0.6 is 0 Å². The molecule has 30 heavy (non-hydrogen) atoms. The topological polar surface area (TPSA) is 70.7 Å². The Morgan fingerprint density at radius 2 is 1.83 bits per heavy atom. The Morgan fingerprint density at radius 1 is 1.10 bits per heavy atom. The maximum atomic E-state index is 13.1. The van der Waals surface area contributed by atoms with Gasteiger partial charge in [-0.25, -0.2) is 0 Å². The molecule has 2 aromatic rings. The van der Waals surface area contributed by atoms with E-state index in [1.807, 2.05) is 30.3 Å². The lowest BCUT2D eigenvalue weighted by Crippen LogP contribution is -2.35. The molecular weight excluding hydrogens is 378 g/mol. The van der Waals surface area contributed by atoms with Gasteiger partial charge in [0.1, 0.15) is 6.61 Å². The average molecular weight is 410 g/mol. The van der Waals surface area contributed by atoms with Crippen molar-refractivity contribution in [3.8, 4) is 0 Å². The smallest absolute Gasteiger partial charge is 0.253 e. The van der Waals surface area contributed by atoms with Crippen molar-refractivity contribution in [2.24, 2.45) is 5.92 Å². The molecule has 6 nitrogen and oxygen atoms in total. The molecule has 2 aromatic carbocycles. The van der Waals surface area contributed by atoms with E-state index in [2.05, 4.69) is 34.6 Å². The third-order valence-corrected chi connectivity index (χ3v) is 5.47. The first-order chi connectivity index (χ1) is 14.6. The van der Waals surface area contributed by atoms with Gasteiger partial charge in [-0.05, 0) is 48.9 Å². The van der Waals surface area contributed by atoms with Crippen LogP contribution in [0.15, 0.2) is 48.5 Å². The van der Waals surface area contributed by atoms with Gasteiger partial charge in [0, 0.05) is 38.1 Å². The SMILES string of the molecule is COCC(=O)Nc1ccc(N2CCC(C)CC2)c(C(=O)NCCc2ccccc2)c1. The molecule has 1 saturated heterocycles. The first-order valence-corrected chi connectivity index (χ1v) is 10.6. The Balaban J connectivity index is 1.74. The zero-order chi connectivity index (χ0) is 21.3. The van der Waals surface area contributed by atoms with E-state index in [4.69, 9.17) is 4.74 Å². The van der Waals surface area contributed by atoms with Gasteiger partial charge < -0.3 is 20.3 Å². The quantitative estimate of drug-likeness (QED) is 0.700. The van der Waals surface area contributed by atoms with Crippen molar-refractivity contribution in [3.63, 3.8) is 0 Å². The number of nitrogens with one attached hydrogen (secondary N) is 2. The second-order valence-corrected chi connectivity index (χ2v) is 7.87. The molecule has 6 heteroatoms. The maximum Gasteiger partial charge on any atom is 0.253 e. The second kappa shape index (κ2) is 10.8. The molecule has 1 heterocycles. The van der Waals surface area contributed by atoms with Gasteiger partial charge in [0.05, 0.1) is 5.56 Å². The van der Waals surface area contributed by atoms with Crippen LogP contribution in [-0.4, -0.2) is 45.2 Å². The number of benzene rings is 2. The van der Waals surface area contributed by atoms with Gasteiger partial charge in [0.2, 0.25) is 5.91 Å². The normalized spacial score (nSPS) is 14.4. The Labute approximate surface area is 178 Å². The minimum Gasteiger partial charge on any atom is -0.375 e. The van der Waals surface area contributed by atoms with E-state index in [1.54, 1.807) is 6.07 Å². The van der Waals surface area contributed by atoms with Crippen LogP contribution in [0, 0.1) is 5.92 Å². The molecule has 2 N–H and O–H groups in total. The van der Waals surface area contributed by atoms with Gasteiger partial charge in [-0.1, -0.05) is 37.3 Å². The number of methoxy groups -OCH3 is 1. The predicted molar refractivity (Wildman–Crippen MR) is 120 cm³/mol. The maximum absolute atomic E-state index is 13.1. The minimum atomic E-state index is -0.243. The molecule has 0 spiro atoms. The zero-order valence-electron chi connectivity index (χ0n) is 17.8. The van der Waals surface area contributed by atoms with Gasteiger partial charge in [0.15, 0.2) is 0 Å². The Morgan fingerprint density at radius 3 is 2.53 bits per heavy atom. The number of anilines is 2. The Hall–Kier alpha value is -2.86. The number of ether oxygens (including phenoxy) is 1. The molecule has 0 aromatic heterocycles. The summed E-state index contributed by atoms with van der Waals surface area (Å²) in [4.78, 5) is 27.2. The van der Waals surface area contributed by atoms with E-state index < -0.39 is 0 Å². The van der Waals surface area contributed by atoms with Crippen LogP contribution in [0.3, 0.4) is 0 Å². The molecule has 0 unspecified atom stereocenters. The number of carbonyl (C=O) groups is 2. The molecule has 0 aliphatic carbocycles. The van der Waals surface area contributed by atoms with Crippen LogP contribution in [0.4, 0.5) is 11.4 Å². The third-order valence-electron chi connectivity index (χ3n) is 5.47. The molecule has 0 bridgehead atoms. The molecule has 0 saturated carbocycles. The summed E-state index contributed by atoms with van der Waals surface area (Å²) in [6.07, 6.45) is 3.00. The van der Waals surface area contributed by atoms with Gasteiger partial charge >= 0.3 is 0 Å². The lowest BCUT2D eigenvalue weighted by Gasteiger charge is -2.33. The van der Waals surface area contributed by atoms with E-state index in [0.29, 0.717) is 23.7 Å². The molecule has 1 aliphatic rings. The fourth-order valence-corrected chi connectivity index (χ4v) is 3.71. The van der Waals surface area contributed by atoms with Crippen LogP contribution in [0.1, 0.15) is 35.7 Å². The minimum absolute atomic E-state index is 0.0234. The first-order valence-electron chi connectivity index (χ1n) is 10.6. The molecule has 1 aliphatic heterocycles. The summed E-state index contributed by atoms with van der Waals surface area (Å²) in [5.74, 6) is 0.340. The fourth-order valence-electron chi connectivity index (χ4n) is 3.71. The standard InChI is InChI=1S/C24H31N3O3/c1-18-11-14-27(15-12-18)22-9-8-20(26-23(28)17-30-2)16-21(22)24(29)25-13-10-19-6-4-3-5-7-19/h3-9,16,18H,10-15,17H2,1-2H3,(H,25,29)(H,26,28). The van der Waals surface area contributed by atoms with E-state index in [0.717, 1.165) is 38.0 Å². The molecule has 3 rings (SSSR count). The van der Waals surface area contributed by atoms with Crippen molar-refractivity contribution in [2.45, 2.75) is 26.2 Å². The van der Waals surface area contributed by atoms with Crippen molar-refractivity contribution in [1.29, 1.82) is 0 Å². The highest BCUT2D eigenvalue weighted by molar-refractivity contribution is 6.02. The van der Waals surface area contributed by atoms with E-state index in [-0.39, 0.29) is 18.4 Å². The molecule has 0 atom stereocenters. The number of carbonyl (C=O) groups excluding carboxylic acids is 2. The third kappa shape index (κ3) is 6.07. The van der Waals surface area contributed by atoms with Gasteiger partial charge in [-0.3, -0.25) is 9.59 Å². The summed E-state index contributed by atoms with van der Waals surface area (Å²) in [7, 11) is 1.48. The van der Waals surface area contributed by atoms with Gasteiger partial charge in [0.25, 0.3) is 5.91 Å². The summed E-state index contributed by atoms with van der Waals surface area (Å²) < 4.78 is 4.88. The highest BCUT2D eigenvalue weighted by atomic mass is 16.5. The lowest BCUT2D eigenvalue weighted by molar-refractivity contribution is -0.119. The second-order valence-electron chi connectivity index (χ2n) is 7.87. The predicted octanol–water partition coefficient (Wildman–Crippen LogP) is 3.48. The molecular formula is C24H31N3O3. The van der Waals surface area contributed by atoms with Crippen molar-refractivity contribution >= 4 is 23.2 Å². The van der Waals surface area contributed by atoms with Crippen molar-refractivity contribution in [1.82, 2.24) is 5.32 Å². The van der Waals surface area contributed by atoms with Crippen LogP contribution < -0.4 is 15.5 Å². The molecule has 1 fully saturated rings. The molecule has 160 valence electrons. The van der Waals surface area contributed by atoms with Crippen LogP contribution in [-0.2, 0) is 16.0 Å². The number of hydrogen-bond donors (Lipinski definition) is 2. The summed E-state index contributed by atoms with van der Waals surface area (Å²) in [6, 6.07) is 15.6. The van der Waals surface area contributed by atoms with Crippen molar-refractivity contribution < 1.29 is 14.3 Å². The fraction of sp³-hybridized carbons (Fsp3) is 0.417. The Bertz CT molecular complexity index is 846. The number of nitrogens with zero attached hydrogens (tertiary/aromatic N) is 1. The van der Waals surface area contributed by atoms with Crippen LogP contribution in [0.25, 0.3) is 0 Å². The number of piperidine rings is 1. The highest BCUT2D eigenvalue weighted by Gasteiger charge is 2.21. The molecule has 2 amide bonds. The van der Waals surface area contributed by atoms with Crippen LogP contribution in [0.5, 0.6) is 0 Å². The number of amides is 2. The van der Waals surface area contributed by atoms with E-state index >= 15 is 0 Å².